The monoisotopic (exact) mass is 1060 g/mol. The predicted octanol–water partition coefficient (Wildman–Crippen LogP) is 9.43. The number of halogens is 5. The second kappa shape index (κ2) is 21.2. The molecule has 12 rings (SSSR count). The Kier molecular flexibility index (Phi) is 14.1. The third-order valence-electron chi connectivity index (χ3n) is 13.2. The number of hydrogen-bond acceptors (Lipinski definition) is 13. The van der Waals surface area contributed by atoms with E-state index < -0.39 is 35.1 Å². The highest BCUT2D eigenvalue weighted by atomic mass is 35.5. The summed E-state index contributed by atoms with van der Waals surface area (Å²) >= 11 is 5.97. The number of anilines is 2. The molecule has 16 nitrogen and oxygen atoms in total. The molecule has 21 heteroatoms. The van der Waals surface area contributed by atoms with Crippen molar-refractivity contribution in [3.8, 4) is 22.3 Å². The van der Waals surface area contributed by atoms with E-state index in [0.29, 0.717) is 81.4 Å². The second-order valence-corrected chi connectivity index (χ2v) is 18.2. The Hall–Kier alpha value is -9.21. The number of fused-ring (bicyclic) bond motifs is 5. The van der Waals surface area contributed by atoms with Gasteiger partial charge in [0.05, 0.1) is 28.8 Å². The molecule has 386 valence electrons. The maximum Gasteiger partial charge on any atom is 0.285 e. The zero-order valence-electron chi connectivity index (χ0n) is 40.2. The number of amides is 4. The first-order valence-corrected chi connectivity index (χ1v) is 24.0. The summed E-state index contributed by atoms with van der Waals surface area (Å²) in [5.41, 5.74) is 20.5. The molecule has 77 heavy (non-hydrogen) atoms. The maximum atomic E-state index is 14.0. The van der Waals surface area contributed by atoms with Crippen molar-refractivity contribution in [2.75, 3.05) is 11.5 Å². The van der Waals surface area contributed by atoms with E-state index in [2.05, 4.69) is 24.8 Å². The van der Waals surface area contributed by atoms with Crippen LogP contribution in [0.2, 0.25) is 0 Å². The normalized spacial score (nSPS) is 13.3. The standard InChI is InChI=1S/C24H17ClF2N4O.C24H19F2N5O2.C8H5NO3/c25-10-16-8-19(26)20(27)9-17(16)13-5-6-21-18(7-13)22(30-24(28)29-21)23(32)31-11-14-3-1-2-4-15(14)12-31;25-19-8-16(12-33-28)17(9-20(19)26)13-5-6-21-18(7-13)22(30-24(27)29-21)23(32)31-10-14-3-1-2-4-15(14)11-31;10-7-5-3-1-2-4-6(5)8(11)9(7)12/h1-9H,10-12H2,(H2,28,29,30);1-9H,10-12,28H2,(H2,27,29,30);1-4,12H. The van der Waals surface area contributed by atoms with Gasteiger partial charge in [0.2, 0.25) is 11.9 Å². The Morgan fingerprint density at radius 2 is 0.909 bits per heavy atom. The molecule has 0 bridgehead atoms. The number of rotatable bonds is 7. The molecule has 4 amide bonds. The first-order valence-electron chi connectivity index (χ1n) is 23.5. The molecular weight excluding hydrogens is 1020 g/mol. The van der Waals surface area contributed by atoms with Crippen LogP contribution in [0.4, 0.5) is 29.5 Å². The molecule has 0 radical (unpaired) electrons. The summed E-state index contributed by atoms with van der Waals surface area (Å²) in [6.45, 7) is 1.74. The molecule has 3 aliphatic rings. The second-order valence-electron chi connectivity index (χ2n) is 17.9. The minimum atomic E-state index is -1.01. The fourth-order valence-corrected chi connectivity index (χ4v) is 9.64. The van der Waals surface area contributed by atoms with Crippen molar-refractivity contribution in [2.24, 2.45) is 5.90 Å². The molecule has 2 aromatic heterocycles. The first kappa shape index (κ1) is 51.3. The zero-order chi connectivity index (χ0) is 54.2. The van der Waals surface area contributed by atoms with Crippen molar-refractivity contribution in [1.29, 1.82) is 0 Å². The number of nitrogens with two attached hydrogens (primary N) is 3. The van der Waals surface area contributed by atoms with E-state index in [9.17, 15) is 36.7 Å². The third kappa shape index (κ3) is 10.1. The van der Waals surface area contributed by atoms with Gasteiger partial charge in [0.25, 0.3) is 23.6 Å². The molecule has 0 fully saturated rings. The molecule has 0 aliphatic carbocycles. The maximum absolute atomic E-state index is 14.0. The van der Waals surface area contributed by atoms with E-state index in [1.54, 1.807) is 58.3 Å². The summed E-state index contributed by atoms with van der Waals surface area (Å²) in [6.07, 6.45) is 0. The Bertz CT molecular complexity index is 3820. The van der Waals surface area contributed by atoms with Crippen LogP contribution < -0.4 is 17.4 Å². The summed E-state index contributed by atoms with van der Waals surface area (Å²) in [5, 5.41) is 9.98. The molecule has 9 aromatic rings. The number of aromatic nitrogens is 4. The highest BCUT2D eigenvalue weighted by molar-refractivity contribution is 6.20. The smallest absolute Gasteiger partial charge is 0.285 e. The largest absolute Gasteiger partial charge is 0.368 e. The first-order chi connectivity index (χ1) is 37.1. The lowest BCUT2D eigenvalue weighted by Crippen LogP contribution is -2.27. The van der Waals surface area contributed by atoms with Crippen LogP contribution in [-0.4, -0.2) is 63.6 Å². The molecule has 0 saturated heterocycles. The van der Waals surface area contributed by atoms with E-state index >= 15 is 0 Å². The number of alkyl halides is 1. The lowest BCUT2D eigenvalue weighted by atomic mass is 9.97. The summed E-state index contributed by atoms with van der Waals surface area (Å²) in [7, 11) is 0. The molecule has 0 saturated carbocycles. The molecule has 0 spiro atoms. The molecule has 5 heterocycles. The van der Waals surface area contributed by atoms with Crippen LogP contribution >= 0.6 is 11.6 Å². The number of nitrogen functional groups attached to an aromatic ring is 2. The van der Waals surface area contributed by atoms with Crippen molar-refractivity contribution in [3.05, 3.63) is 213 Å². The molecular formula is C56H41ClF4N10O6. The van der Waals surface area contributed by atoms with Crippen molar-refractivity contribution in [3.63, 3.8) is 0 Å². The fraction of sp³-hybridized carbons (Fsp3) is 0.107. The van der Waals surface area contributed by atoms with Gasteiger partial charge in [0.15, 0.2) is 23.3 Å². The highest BCUT2D eigenvalue weighted by Crippen LogP contribution is 2.35. The van der Waals surface area contributed by atoms with Crippen molar-refractivity contribution >= 4 is 68.9 Å². The molecule has 7 N–H and O–H groups in total. The van der Waals surface area contributed by atoms with Crippen molar-refractivity contribution in [2.45, 2.75) is 38.7 Å². The predicted molar refractivity (Wildman–Crippen MR) is 276 cm³/mol. The molecule has 7 aromatic carbocycles. The van der Waals surface area contributed by atoms with Gasteiger partial charge in [-0.25, -0.2) is 43.4 Å². The van der Waals surface area contributed by atoms with Crippen LogP contribution in [0.5, 0.6) is 0 Å². The van der Waals surface area contributed by atoms with Crippen LogP contribution in [0, 0.1) is 23.3 Å². The van der Waals surface area contributed by atoms with E-state index in [1.807, 2.05) is 48.5 Å². The van der Waals surface area contributed by atoms with E-state index in [1.165, 1.54) is 12.1 Å². The Morgan fingerprint density at radius 1 is 0.532 bits per heavy atom. The number of hydrogen-bond donors (Lipinski definition) is 4. The van der Waals surface area contributed by atoms with Crippen LogP contribution in [-0.2, 0) is 43.5 Å². The van der Waals surface area contributed by atoms with Gasteiger partial charge in [0.1, 0.15) is 11.4 Å². The lowest BCUT2D eigenvalue weighted by molar-refractivity contribution is -0.0327. The van der Waals surface area contributed by atoms with Crippen LogP contribution in [0.25, 0.3) is 44.1 Å². The number of carbonyl (C=O) groups excluding carboxylic acids is 4. The van der Waals surface area contributed by atoms with Gasteiger partial charge in [-0.2, -0.15) is 0 Å². The fourth-order valence-electron chi connectivity index (χ4n) is 9.42. The average molecular weight is 1060 g/mol. The average Bonchev–Trinajstić information content (AvgIpc) is 4.15. The van der Waals surface area contributed by atoms with E-state index in [-0.39, 0.29) is 63.8 Å². The summed E-state index contributed by atoms with van der Waals surface area (Å²) < 4.78 is 55.5. The minimum absolute atomic E-state index is 0.000627. The van der Waals surface area contributed by atoms with Crippen LogP contribution in [0.3, 0.4) is 0 Å². The van der Waals surface area contributed by atoms with Gasteiger partial charge in [-0.05, 0) is 116 Å². The van der Waals surface area contributed by atoms with Crippen molar-refractivity contribution < 1.29 is 46.8 Å². The number of imide groups is 1. The van der Waals surface area contributed by atoms with Gasteiger partial charge in [-0.1, -0.05) is 72.8 Å². The van der Waals surface area contributed by atoms with Gasteiger partial charge in [-0.15, -0.1) is 16.7 Å². The third-order valence-corrected chi connectivity index (χ3v) is 13.4. The van der Waals surface area contributed by atoms with Gasteiger partial charge >= 0.3 is 0 Å². The quantitative estimate of drug-likeness (QED) is 0.0383. The van der Waals surface area contributed by atoms with Crippen molar-refractivity contribution in [1.82, 2.24) is 34.8 Å². The van der Waals surface area contributed by atoms with E-state index in [4.69, 9.17) is 34.2 Å². The van der Waals surface area contributed by atoms with E-state index in [0.717, 1.165) is 46.5 Å². The Morgan fingerprint density at radius 3 is 1.31 bits per heavy atom. The van der Waals surface area contributed by atoms with Gasteiger partial charge in [-0.3, -0.25) is 29.2 Å². The summed E-state index contributed by atoms with van der Waals surface area (Å²) in [5.74, 6) is -0.714. The minimum Gasteiger partial charge on any atom is -0.368 e. The van der Waals surface area contributed by atoms with Crippen LogP contribution in [0.1, 0.15) is 75.1 Å². The SMILES string of the molecule is NOCc1cc(F)c(F)cc1-c1ccc2nc(N)nc(C(=O)N3Cc4ccccc4C3)c2c1.Nc1nc(C(=O)N2Cc3ccccc3C2)c2cc(-c3cc(F)c(F)cc3CCl)ccc2n1.O=C1c2ccccc2C(=O)N1O. The Labute approximate surface area is 439 Å². The number of benzene rings is 7. The molecule has 0 atom stereocenters. The topological polar surface area (TPSA) is 237 Å². The summed E-state index contributed by atoms with van der Waals surface area (Å²) in [6, 6.07) is 36.3. The summed E-state index contributed by atoms with van der Waals surface area (Å²) in [4.78, 5) is 73.9. The number of carbonyl (C=O) groups is 4. The number of nitrogens with zero attached hydrogens (tertiary/aromatic N) is 7. The number of hydroxylamine groups is 2. The Balaban J connectivity index is 0.000000144. The lowest BCUT2D eigenvalue weighted by Gasteiger charge is -2.17. The van der Waals surface area contributed by atoms with Gasteiger partial charge in [0, 0.05) is 42.8 Å². The molecule has 0 unspecified atom stereocenters. The van der Waals surface area contributed by atoms with Crippen LogP contribution in [0.15, 0.2) is 133 Å². The molecule has 3 aliphatic heterocycles. The zero-order valence-corrected chi connectivity index (χ0v) is 40.9. The highest BCUT2D eigenvalue weighted by Gasteiger charge is 2.34. The van der Waals surface area contributed by atoms with Gasteiger partial charge < -0.3 is 21.3 Å².